The first kappa shape index (κ1) is 25.4. The van der Waals surface area contributed by atoms with E-state index >= 15 is 0 Å². The van der Waals surface area contributed by atoms with Gasteiger partial charge in [0.15, 0.2) is 0 Å². The van der Waals surface area contributed by atoms with Gasteiger partial charge in [-0.25, -0.2) is 0 Å². The predicted octanol–water partition coefficient (Wildman–Crippen LogP) is -3.71. The van der Waals surface area contributed by atoms with Crippen molar-refractivity contribution in [1.29, 1.82) is 0 Å². The molecule has 0 aliphatic heterocycles. The Morgan fingerprint density at radius 2 is 1.67 bits per heavy atom. The molecule has 0 aromatic heterocycles. The number of rotatable bonds is 0. The molecular weight excluding hydrogens is 127 g/mol. The molecule has 34 valence electrons. The zero-order chi connectivity index (χ0) is 2.71. The van der Waals surface area contributed by atoms with Crippen LogP contribution in [0.3, 0.4) is 0 Å². The van der Waals surface area contributed by atoms with Gasteiger partial charge in [0.25, 0.3) is 0 Å². The Labute approximate surface area is 76.3 Å². The van der Waals surface area contributed by atoms with E-state index in [4.69, 9.17) is 5.11 Å². The molecule has 0 aromatic carbocycles. The first-order valence-electron chi connectivity index (χ1n) is 1.02. The molecule has 0 saturated heterocycles. The van der Waals surface area contributed by atoms with Crippen LogP contribution in [0.4, 0.5) is 0 Å². The number of hydrogen-bond acceptors (Lipinski definition) is 1. The normalized spacial score (nSPS) is 3.00. The maximum absolute atomic E-state index is 7.57. The summed E-state index contributed by atoms with van der Waals surface area (Å²) in [5.74, 6) is 0. The van der Waals surface area contributed by atoms with Gasteiger partial charge < -0.3 is 12.0 Å². The van der Waals surface area contributed by atoms with E-state index in [1.165, 1.54) is 0 Å². The third kappa shape index (κ3) is 45.3. The Morgan fingerprint density at radius 3 is 1.67 bits per heavy atom. The van der Waals surface area contributed by atoms with Gasteiger partial charge in [-0.05, 0) is 6.92 Å². The minimum atomic E-state index is 0. The Morgan fingerprint density at radius 1 is 1.67 bits per heavy atom. The predicted molar refractivity (Wildman–Crippen MR) is 17.5 cm³/mol. The maximum Gasteiger partial charge on any atom is 1.00 e. The van der Waals surface area contributed by atoms with Crippen molar-refractivity contribution >= 4 is 0 Å². The van der Waals surface area contributed by atoms with Gasteiger partial charge in [-0.2, -0.15) is 0 Å². The minimum Gasteiger partial charge on any atom is -1.00 e. The second-order valence-corrected chi connectivity index (χ2v) is 0.316. The molecule has 0 fully saturated rings. The minimum absolute atomic E-state index is 0. The fraction of sp³-hybridized carbons (Fsp3) is 1.00. The zero-order valence-electron chi connectivity index (χ0n) is 5.15. The van der Waals surface area contributed by atoms with Gasteiger partial charge in [0.2, 0.25) is 0 Å². The molecule has 0 spiro atoms. The van der Waals surface area contributed by atoms with Crippen LogP contribution in [0.1, 0.15) is 8.35 Å². The van der Waals surface area contributed by atoms with E-state index in [0.29, 0.717) is 0 Å². The summed E-state index contributed by atoms with van der Waals surface area (Å²) in [5.41, 5.74) is 0. The summed E-state index contributed by atoms with van der Waals surface area (Å²) in [5, 5.41) is 7.57. The first-order valence-corrected chi connectivity index (χ1v) is 1.02. The van der Waals surface area contributed by atoms with Gasteiger partial charge in [0, 0.05) is 28.3 Å². The van der Waals surface area contributed by atoms with Crippen LogP contribution >= 0.6 is 0 Å². The standard InChI is InChI=1S/C2H6O.Na.H2O.Ti.H/c1-2-3;;;;/h3H,2H2,1H3;;1H2;;/q;+1;;;-1. The first-order chi connectivity index (χ1) is 1.41. The van der Waals surface area contributed by atoms with E-state index in [9.17, 15) is 0 Å². The third-order valence-electron chi connectivity index (χ3n) is 0. The van der Waals surface area contributed by atoms with Crippen LogP contribution in [0.5, 0.6) is 0 Å². The quantitative estimate of drug-likeness (QED) is 0.342. The van der Waals surface area contributed by atoms with Gasteiger partial charge in [0.1, 0.15) is 0 Å². The molecule has 0 saturated carbocycles. The second kappa shape index (κ2) is 30.3. The van der Waals surface area contributed by atoms with E-state index in [1.54, 1.807) is 6.92 Å². The number of aliphatic hydroxyl groups is 1. The second-order valence-electron chi connectivity index (χ2n) is 0.316. The van der Waals surface area contributed by atoms with Crippen LogP contribution in [0, 0.1) is 0 Å². The van der Waals surface area contributed by atoms with Crippen LogP contribution in [0.15, 0.2) is 0 Å². The Kier molecular flexibility index (Phi) is 129. The smallest absolute Gasteiger partial charge is 1.00 e. The molecule has 0 aliphatic rings. The van der Waals surface area contributed by atoms with E-state index in [2.05, 4.69) is 0 Å². The van der Waals surface area contributed by atoms with Crippen LogP contribution in [-0.2, 0) is 21.7 Å². The summed E-state index contributed by atoms with van der Waals surface area (Å²) >= 11 is 0. The van der Waals surface area contributed by atoms with Crippen molar-refractivity contribution in [3.63, 3.8) is 0 Å². The third-order valence-corrected chi connectivity index (χ3v) is 0. The van der Waals surface area contributed by atoms with Crippen molar-refractivity contribution in [2.24, 2.45) is 0 Å². The van der Waals surface area contributed by atoms with E-state index in [-0.39, 0.29) is 64.8 Å². The Bertz CT molecular complexity index is 15.7. The topological polar surface area (TPSA) is 51.7 Å². The maximum atomic E-state index is 7.57. The molecule has 0 aromatic rings. The molecule has 3 N–H and O–H groups in total. The van der Waals surface area contributed by atoms with Gasteiger partial charge in [-0.15, -0.1) is 0 Å². The van der Waals surface area contributed by atoms with Crippen molar-refractivity contribution < 1.29 is 63.3 Å². The summed E-state index contributed by atoms with van der Waals surface area (Å²) < 4.78 is 0. The van der Waals surface area contributed by atoms with E-state index in [0.717, 1.165) is 0 Å². The van der Waals surface area contributed by atoms with Crippen molar-refractivity contribution in [3.8, 4) is 0 Å². The zero-order valence-corrected chi connectivity index (χ0v) is 7.72. The summed E-state index contributed by atoms with van der Waals surface area (Å²) in [4.78, 5) is 0. The largest absolute Gasteiger partial charge is 1.00 e. The molecule has 2 nitrogen and oxygen atoms in total. The summed E-state index contributed by atoms with van der Waals surface area (Å²) in [6, 6.07) is 0. The van der Waals surface area contributed by atoms with Crippen LogP contribution in [-0.4, -0.2) is 17.2 Å². The Balaban J connectivity index is -0.00000000333. The molecule has 0 amide bonds. The fourth-order valence-corrected chi connectivity index (χ4v) is 0. The van der Waals surface area contributed by atoms with Crippen LogP contribution in [0.25, 0.3) is 0 Å². The van der Waals surface area contributed by atoms with Crippen molar-refractivity contribution in [3.05, 3.63) is 0 Å². The molecule has 6 heavy (non-hydrogen) atoms. The van der Waals surface area contributed by atoms with Crippen molar-refractivity contribution in [2.45, 2.75) is 6.92 Å². The number of hydrogen-bond donors (Lipinski definition) is 1. The van der Waals surface area contributed by atoms with Gasteiger partial charge in [-0.3, -0.25) is 0 Å². The van der Waals surface area contributed by atoms with Gasteiger partial charge in [0.05, 0.1) is 0 Å². The molecular formula is C2H9NaO2Ti. The molecule has 0 atom stereocenters. The van der Waals surface area contributed by atoms with Crippen molar-refractivity contribution in [2.75, 3.05) is 6.61 Å². The fourth-order valence-electron chi connectivity index (χ4n) is 0. The Hall–Kier alpha value is 1.63. The SMILES string of the molecule is CCO.O.[H-].[Na+].[Ti]. The van der Waals surface area contributed by atoms with E-state index in [1.807, 2.05) is 0 Å². The van der Waals surface area contributed by atoms with Gasteiger partial charge in [-0.1, -0.05) is 0 Å². The van der Waals surface area contributed by atoms with E-state index < -0.39 is 0 Å². The average molecular weight is 136 g/mol. The van der Waals surface area contributed by atoms with Crippen LogP contribution in [0.2, 0.25) is 0 Å². The molecule has 0 radical (unpaired) electrons. The summed E-state index contributed by atoms with van der Waals surface area (Å²) in [6.07, 6.45) is 0. The molecule has 0 heterocycles. The van der Waals surface area contributed by atoms with Crippen LogP contribution < -0.4 is 29.6 Å². The summed E-state index contributed by atoms with van der Waals surface area (Å²) in [7, 11) is 0. The monoisotopic (exact) mass is 136 g/mol. The molecule has 0 aliphatic carbocycles. The average Bonchev–Trinajstić information content (AvgIpc) is 0.918. The molecule has 0 unspecified atom stereocenters. The molecule has 0 bridgehead atoms. The molecule has 4 heteroatoms. The number of aliphatic hydroxyl groups excluding tert-OH is 1. The van der Waals surface area contributed by atoms with Crippen molar-refractivity contribution in [1.82, 2.24) is 0 Å². The molecule has 0 rings (SSSR count). The summed E-state index contributed by atoms with van der Waals surface area (Å²) in [6.45, 7) is 1.93. The van der Waals surface area contributed by atoms with Gasteiger partial charge >= 0.3 is 29.6 Å².